The van der Waals surface area contributed by atoms with Crippen LogP contribution in [0.3, 0.4) is 0 Å². The molecule has 0 N–H and O–H groups in total. The van der Waals surface area contributed by atoms with Gasteiger partial charge < -0.3 is 4.74 Å². The number of aromatic nitrogens is 4. The van der Waals surface area contributed by atoms with Crippen LogP contribution in [0.4, 0.5) is 0 Å². The number of fused-ring (bicyclic) bond motifs is 1. The average Bonchev–Trinajstić information content (AvgIpc) is 2.81. The summed E-state index contributed by atoms with van der Waals surface area (Å²) < 4.78 is 8.34. The molecule has 102 valence electrons. The highest BCUT2D eigenvalue weighted by molar-refractivity contribution is 9.10. The largest absolute Gasteiger partial charge is 0.474 e. The van der Waals surface area contributed by atoms with Crippen LogP contribution in [0.5, 0.6) is 5.88 Å². The Hall–Kier alpha value is -1.95. The van der Waals surface area contributed by atoms with E-state index in [1.165, 1.54) is 0 Å². The summed E-state index contributed by atoms with van der Waals surface area (Å²) in [4.78, 5) is 13.0. The van der Waals surface area contributed by atoms with Crippen molar-refractivity contribution in [1.29, 1.82) is 0 Å². The molecule has 0 saturated carbocycles. The smallest absolute Gasteiger partial charge is 0.230 e. The summed E-state index contributed by atoms with van der Waals surface area (Å²) in [5.41, 5.74) is 2.50. The van der Waals surface area contributed by atoms with Crippen LogP contribution in [-0.4, -0.2) is 25.5 Å². The van der Waals surface area contributed by atoms with Crippen LogP contribution >= 0.6 is 15.9 Å². The summed E-state index contributed by atoms with van der Waals surface area (Å²) in [5.74, 6) is 0.571. The van der Waals surface area contributed by atoms with Crippen LogP contribution in [0.2, 0.25) is 0 Å². The topological polar surface area (TPSA) is 52.3 Å². The number of pyridine rings is 1. The molecule has 3 aromatic rings. The Morgan fingerprint density at radius 1 is 1.20 bits per heavy atom. The van der Waals surface area contributed by atoms with Gasteiger partial charge in [0.25, 0.3) is 0 Å². The predicted molar refractivity (Wildman–Crippen MR) is 79.7 cm³/mol. The van der Waals surface area contributed by atoms with E-state index in [4.69, 9.17) is 4.74 Å². The van der Waals surface area contributed by atoms with Crippen molar-refractivity contribution in [3.63, 3.8) is 0 Å². The van der Waals surface area contributed by atoms with Crippen LogP contribution in [-0.2, 0) is 0 Å². The molecule has 3 heterocycles. The van der Waals surface area contributed by atoms with Crippen LogP contribution in [0.15, 0.2) is 41.4 Å². The van der Waals surface area contributed by atoms with Gasteiger partial charge in [-0.15, -0.1) is 0 Å². The maximum Gasteiger partial charge on any atom is 0.230 e. The Morgan fingerprint density at radius 2 is 2.05 bits per heavy atom. The summed E-state index contributed by atoms with van der Waals surface area (Å²) in [5, 5.41) is 0. The van der Waals surface area contributed by atoms with Crippen LogP contribution < -0.4 is 4.74 Å². The van der Waals surface area contributed by atoms with Gasteiger partial charge >= 0.3 is 0 Å². The first kappa shape index (κ1) is 13.1. The van der Waals surface area contributed by atoms with Gasteiger partial charge in [0.2, 0.25) is 5.88 Å². The maximum atomic E-state index is 5.62. The Kier molecular flexibility index (Phi) is 3.40. The van der Waals surface area contributed by atoms with E-state index in [0.29, 0.717) is 5.88 Å². The minimum atomic E-state index is 0.0796. The number of nitrogens with zero attached hydrogens (tertiary/aromatic N) is 4. The lowest BCUT2D eigenvalue weighted by Gasteiger charge is -2.09. The van der Waals surface area contributed by atoms with E-state index >= 15 is 0 Å². The molecule has 0 fully saturated rings. The Bertz CT molecular complexity index is 754. The minimum absolute atomic E-state index is 0.0796. The molecule has 20 heavy (non-hydrogen) atoms. The van der Waals surface area contributed by atoms with Crippen molar-refractivity contribution in [2.45, 2.75) is 20.0 Å². The molecule has 0 aromatic carbocycles. The molecule has 0 radical (unpaired) electrons. The molecule has 6 heteroatoms. The molecule has 0 unspecified atom stereocenters. The molecule has 0 aliphatic heterocycles. The summed E-state index contributed by atoms with van der Waals surface area (Å²) in [6.45, 7) is 3.94. The van der Waals surface area contributed by atoms with E-state index in [0.717, 1.165) is 21.6 Å². The standard InChI is InChI=1S/C14H13BrN4O/c1-9(2)20-14-8-19-11(6-16-13(19)7-17-14)10-4-3-5-12(15)18-10/h3-9H,1-2H3. The fraction of sp³-hybridized carbons (Fsp3) is 0.214. The molecule has 0 atom stereocenters. The predicted octanol–water partition coefficient (Wildman–Crippen LogP) is 3.34. The molecule has 0 amide bonds. The highest BCUT2D eigenvalue weighted by Crippen LogP contribution is 2.22. The summed E-state index contributed by atoms with van der Waals surface area (Å²) in [7, 11) is 0. The van der Waals surface area contributed by atoms with Crippen molar-refractivity contribution >= 4 is 21.6 Å². The third-order valence-electron chi connectivity index (χ3n) is 2.71. The van der Waals surface area contributed by atoms with Gasteiger partial charge in [-0.2, -0.15) is 0 Å². The van der Waals surface area contributed by atoms with Gasteiger partial charge in [0, 0.05) is 0 Å². The lowest BCUT2D eigenvalue weighted by molar-refractivity contribution is 0.231. The minimum Gasteiger partial charge on any atom is -0.474 e. The first-order chi connectivity index (χ1) is 9.63. The van der Waals surface area contributed by atoms with Gasteiger partial charge in [-0.3, -0.25) is 4.40 Å². The number of hydrogen-bond donors (Lipinski definition) is 0. The van der Waals surface area contributed by atoms with E-state index < -0.39 is 0 Å². The van der Waals surface area contributed by atoms with Crippen LogP contribution in [0, 0.1) is 0 Å². The van der Waals surface area contributed by atoms with Crippen LogP contribution in [0.1, 0.15) is 13.8 Å². The van der Waals surface area contributed by atoms with Gasteiger partial charge in [-0.05, 0) is 41.9 Å². The molecule has 0 saturated heterocycles. The molecule has 0 spiro atoms. The number of halogens is 1. The Morgan fingerprint density at radius 3 is 2.80 bits per heavy atom. The van der Waals surface area contributed by atoms with Gasteiger partial charge in [-0.1, -0.05) is 6.07 Å². The monoisotopic (exact) mass is 332 g/mol. The van der Waals surface area contributed by atoms with E-state index in [1.54, 1.807) is 12.4 Å². The van der Waals surface area contributed by atoms with Crippen molar-refractivity contribution in [2.24, 2.45) is 0 Å². The lowest BCUT2D eigenvalue weighted by Crippen LogP contribution is -2.07. The van der Waals surface area contributed by atoms with Gasteiger partial charge in [0.1, 0.15) is 4.60 Å². The quantitative estimate of drug-likeness (QED) is 0.690. The lowest BCUT2D eigenvalue weighted by atomic mass is 10.3. The molecule has 5 nitrogen and oxygen atoms in total. The summed E-state index contributed by atoms with van der Waals surface area (Å²) in [6.07, 6.45) is 5.39. The molecular formula is C14H13BrN4O. The number of imidazole rings is 1. The van der Waals surface area contributed by atoms with Crippen molar-refractivity contribution in [1.82, 2.24) is 19.4 Å². The SMILES string of the molecule is CC(C)Oc1cn2c(-c3cccc(Br)n3)cnc2cn1. The highest BCUT2D eigenvalue weighted by Gasteiger charge is 2.09. The second kappa shape index (κ2) is 5.20. The third-order valence-corrected chi connectivity index (χ3v) is 3.15. The first-order valence-corrected chi connectivity index (χ1v) is 7.05. The van der Waals surface area contributed by atoms with Crippen molar-refractivity contribution in [2.75, 3.05) is 0 Å². The van der Waals surface area contributed by atoms with E-state index in [-0.39, 0.29) is 6.10 Å². The van der Waals surface area contributed by atoms with Gasteiger partial charge in [-0.25, -0.2) is 15.0 Å². The first-order valence-electron chi connectivity index (χ1n) is 6.26. The zero-order valence-corrected chi connectivity index (χ0v) is 12.7. The second-order valence-corrected chi connectivity index (χ2v) is 5.42. The number of hydrogen-bond acceptors (Lipinski definition) is 4. The second-order valence-electron chi connectivity index (χ2n) is 4.61. The van der Waals surface area contributed by atoms with Crippen molar-refractivity contribution in [3.8, 4) is 17.3 Å². The van der Waals surface area contributed by atoms with E-state index in [2.05, 4.69) is 30.9 Å². The Balaban J connectivity index is 2.11. The molecule has 0 aliphatic rings. The normalized spacial score (nSPS) is 11.2. The summed E-state index contributed by atoms with van der Waals surface area (Å²) in [6, 6.07) is 5.78. The molecule has 3 rings (SSSR count). The zero-order chi connectivity index (χ0) is 14.1. The fourth-order valence-electron chi connectivity index (χ4n) is 1.91. The van der Waals surface area contributed by atoms with Gasteiger partial charge in [0.05, 0.1) is 36.1 Å². The maximum absolute atomic E-state index is 5.62. The molecular weight excluding hydrogens is 320 g/mol. The molecule has 3 aromatic heterocycles. The Labute approximate surface area is 124 Å². The highest BCUT2D eigenvalue weighted by atomic mass is 79.9. The van der Waals surface area contributed by atoms with E-state index in [1.807, 2.05) is 42.6 Å². The zero-order valence-electron chi connectivity index (χ0n) is 11.1. The third kappa shape index (κ3) is 2.51. The van der Waals surface area contributed by atoms with E-state index in [9.17, 15) is 0 Å². The molecule has 0 aliphatic carbocycles. The molecule has 0 bridgehead atoms. The average molecular weight is 333 g/mol. The fourth-order valence-corrected chi connectivity index (χ4v) is 2.26. The number of rotatable bonds is 3. The number of ether oxygens (including phenoxy) is 1. The van der Waals surface area contributed by atoms with Gasteiger partial charge in [0.15, 0.2) is 5.65 Å². The summed E-state index contributed by atoms with van der Waals surface area (Å²) >= 11 is 3.38. The van der Waals surface area contributed by atoms with Crippen molar-refractivity contribution < 1.29 is 4.74 Å². The van der Waals surface area contributed by atoms with Crippen molar-refractivity contribution in [3.05, 3.63) is 41.4 Å². The van der Waals surface area contributed by atoms with Crippen LogP contribution in [0.25, 0.3) is 17.0 Å².